The summed E-state index contributed by atoms with van der Waals surface area (Å²) in [6, 6.07) is 17.3. The third-order valence-electron chi connectivity index (χ3n) is 6.86. The SMILES string of the molecule is COCCCN(CC(=O)N1CCc2sccc2C1c1ccc(Cl)cc1)C(=O)c1ccc(C(C)(C)C)cc1. The number of thiophene rings is 1. The second-order valence-electron chi connectivity index (χ2n) is 10.5. The standard InChI is InChI=1S/C30H35ClN2O3S/c1-30(2,3)23-10-6-22(7-11-23)29(35)32(16-5-18-36-4)20-27(34)33-17-14-26-25(15-19-37-26)28(33)21-8-12-24(31)13-9-21/h6-13,15,19,28H,5,14,16-18,20H2,1-4H3. The normalized spacial score (nSPS) is 15.4. The van der Waals surface area contributed by atoms with Crippen LogP contribution in [-0.4, -0.2) is 55.0 Å². The molecule has 0 aliphatic carbocycles. The molecule has 0 radical (unpaired) electrons. The van der Waals surface area contributed by atoms with E-state index in [9.17, 15) is 9.59 Å². The highest BCUT2D eigenvalue weighted by atomic mass is 35.5. The van der Waals surface area contributed by atoms with Crippen molar-refractivity contribution in [3.8, 4) is 0 Å². The highest BCUT2D eigenvalue weighted by Gasteiger charge is 2.34. The summed E-state index contributed by atoms with van der Waals surface area (Å²) in [7, 11) is 1.64. The van der Waals surface area contributed by atoms with Crippen LogP contribution in [0.25, 0.3) is 0 Å². The molecule has 1 unspecified atom stereocenters. The zero-order valence-electron chi connectivity index (χ0n) is 22.0. The van der Waals surface area contributed by atoms with E-state index in [0.717, 1.165) is 23.1 Å². The van der Waals surface area contributed by atoms with Crippen molar-refractivity contribution in [3.63, 3.8) is 0 Å². The van der Waals surface area contributed by atoms with Gasteiger partial charge in [-0.1, -0.05) is 56.6 Å². The number of hydrogen-bond acceptors (Lipinski definition) is 4. The first-order valence-electron chi connectivity index (χ1n) is 12.7. The van der Waals surface area contributed by atoms with Gasteiger partial charge < -0.3 is 14.5 Å². The zero-order valence-corrected chi connectivity index (χ0v) is 23.6. The molecule has 1 aliphatic rings. The fourth-order valence-corrected chi connectivity index (χ4v) is 5.82. The Labute approximate surface area is 229 Å². The smallest absolute Gasteiger partial charge is 0.254 e. The van der Waals surface area contributed by atoms with Gasteiger partial charge in [0.15, 0.2) is 0 Å². The van der Waals surface area contributed by atoms with Crippen molar-refractivity contribution in [1.29, 1.82) is 0 Å². The van der Waals surface area contributed by atoms with E-state index in [4.69, 9.17) is 16.3 Å². The molecule has 1 aliphatic heterocycles. The number of hydrogen-bond donors (Lipinski definition) is 0. The predicted molar refractivity (Wildman–Crippen MR) is 151 cm³/mol. The van der Waals surface area contributed by atoms with Crippen molar-refractivity contribution in [2.75, 3.05) is 33.4 Å². The zero-order chi connectivity index (χ0) is 26.6. The monoisotopic (exact) mass is 538 g/mol. The molecular weight excluding hydrogens is 504 g/mol. The van der Waals surface area contributed by atoms with Gasteiger partial charge in [-0.3, -0.25) is 9.59 Å². The molecule has 0 spiro atoms. The number of carbonyl (C=O) groups excluding carboxylic acids is 2. The predicted octanol–water partition coefficient (Wildman–Crippen LogP) is 6.35. The maximum absolute atomic E-state index is 13.8. The minimum atomic E-state index is -0.193. The molecule has 1 atom stereocenters. The van der Waals surface area contributed by atoms with Crippen LogP contribution in [0.5, 0.6) is 0 Å². The molecule has 0 bridgehead atoms. The molecule has 0 saturated heterocycles. The van der Waals surface area contributed by atoms with E-state index in [1.54, 1.807) is 23.3 Å². The summed E-state index contributed by atoms with van der Waals surface area (Å²) in [6.07, 6.45) is 1.47. The van der Waals surface area contributed by atoms with E-state index in [-0.39, 0.29) is 29.8 Å². The molecule has 0 fully saturated rings. The quantitative estimate of drug-likeness (QED) is 0.314. The van der Waals surface area contributed by atoms with Gasteiger partial charge in [0.25, 0.3) is 5.91 Å². The summed E-state index contributed by atoms with van der Waals surface area (Å²) in [6.45, 7) is 8.04. The van der Waals surface area contributed by atoms with Crippen LogP contribution in [0.15, 0.2) is 60.0 Å². The van der Waals surface area contributed by atoms with Crippen LogP contribution < -0.4 is 0 Å². The minimum absolute atomic E-state index is 0.00114. The first-order valence-corrected chi connectivity index (χ1v) is 13.9. The lowest BCUT2D eigenvalue weighted by molar-refractivity contribution is -0.134. The molecule has 196 valence electrons. The fourth-order valence-electron chi connectivity index (χ4n) is 4.79. The Morgan fingerprint density at radius 1 is 1.08 bits per heavy atom. The van der Waals surface area contributed by atoms with Crippen molar-refractivity contribution < 1.29 is 14.3 Å². The van der Waals surface area contributed by atoms with Crippen molar-refractivity contribution in [2.45, 2.75) is 45.1 Å². The van der Waals surface area contributed by atoms with Crippen LogP contribution in [-0.2, 0) is 21.4 Å². The Morgan fingerprint density at radius 2 is 1.78 bits per heavy atom. The first kappa shape index (κ1) is 27.4. The van der Waals surface area contributed by atoms with Gasteiger partial charge in [-0.05, 0) is 70.7 Å². The lowest BCUT2D eigenvalue weighted by atomic mass is 9.86. The number of carbonyl (C=O) groups is 2. The number of benzene rings is 2. The number of fused-ring (bicyclic) bond motifs is 1. The van der Waals surface area contributed by atoms with Gasteiger partial charge in [0.05, 0.1) is 6.04 Å². The molecular formula is C30H35ClN2O3S. The number of ether oxygens (including phenoxy) is 1. The summed E-state index contributed by atoms with van der Waals surface area (Å²) >= 11 is 7.88. The molecule has 2 amide bonds. The average Bonchev–Trinajstić information content (AvgIpc) is 3.36. The Kier molecular flexibility index (Phi) is 8.73. The first-order chi connectivity index (χ1) is 17.7. The number of amides is 2. The van der Waals surface area contributed by atoms with Crippen molar-refractivity contribution in [3.05, 3.63) is 92.1 Å². The highest BCUT2D eigenvalue weighted by Crippen LogP contribution is 2.38. The molecule has 7 heteroatoms. The molecule has 0 saturated carbocycles. The van der Waals surface area contributed by atoms with Crippen molar-refractivity contribution in [2.24, 2.45) is 0 Å². The minimum Gasteiger partial charge on any atom is -0.385 e. The molecule has 3 aromatic rings. The van der Waals surface area contributed by atoms with E-state index in [1.807, 2.05) is 53.4 Å². The summed E-state index contributed by atoms with van der Waals surface area (Å²) in [4.78, 5) is 32.3. The van der Waals surface area contributed by atoms with E-state index in [0.29, 0.717) is 36.7 Å². The van der Waals surface area contributed by atoms with Gasteiger partial charge in [-0.25, -0.2) is 0 Å². The summed E-state index contributed by atoms with van der Waals surface area (Å²) in [5.41, 5.74) is 3.93. The summed E-state index contributed by atoms with van der Waals surface area (Å²) < 4.78 is 5.22. The average molecular weight is 539 g/mol. The lowest BCUT2D eigenvalue weighted by Crippen LogP contribution is -2.47. The Hall–Kier alpha value is -2.67. The maximum Gasteiger partial charge on any atom is 0.254 e. The topological polar surface area (TPSA) is 49.9 Å². The summed E-state index contributed by atoms with van der Waals surface area (Å²) in [5.74, 6) is -0.199. The molecule has 1 aromatic heterocycles. The van der Waals surface area contributed by atoms with Gasteiger partial charge in [0, 0.05) is 42.3 Å². The third-order valence-corrected chi connectivity index (χ3v) is 8.11. The molecule has 4 rings (SSSR count). The van der Waals surface area contributed by atoms with Crippen LogP contribution in [0.3, 0.4) is 0 Å². The number of nitrogens with zero attached hydrogens (tertiary/aromatic N) is 2. The van der Waals surface area contributed by atoms with E-state index < -0.39 is 0 Å². The second-order valence-corrected chi connectivity index (χ2v) is 11.9. The maximum atomic E-state index is 13.8. The van der Waals surface area contributed by atoms with Crippen LogP contribution in [0.1, 0.15) is 65.2 Å². The molecule has 5 nitrogen and oxygen atoms in total. The molecule has 2 heterocycles. The summed E-state index contributed by atoms with van der Waals surface area (Å²) in [5, 5.41) is 2.75. The van der Waals surface area contributed by atoms with Gasteiger partial charge in [0.2, 0.25) is 5.91 Å². The Morgan fingerprint density at radius 3 is 2.43 bits per heavy atom. The largest absolute Gasteiger partial charge is 0.385 e. The Balaban J connectivity index is 1.58. The number of methoxy groups -OCH3 is 1. The van der Waals surface area contributed by atoms with Gasteiger partial charge >= 0.3 is 0 Å². The second kappa shape index (κ2) is 11.8. The van der Waals surface area contributed by atoms with Crippen molar-refractivity contribution in [1.82, 2.24) is 9.80 Å². The molecule has 0 N–H and O–H groups in total. The highest BCUT2D eigenvalue weighted by molar-refractivity contribution is 7.10. The van der Waals surface area contributed by atoms with Gasteiger partial charge in [-0.15, -0.1) is 11.3 Å². The van der Waals surface area contributed by atoms with E-state index in [1.165, 1.54) is 4.88 Å². The van der Waals surface area contributed by atoms with Crippen LogP contribution in [0.2, 0.25) is 5.02 Å². The number of halogens is 1. The van der Waals surface area contributed by atoms with Gasteiger partial charge in [0.1, 0.15) is 6.54 Å². The Bertz CT molecular complexity index is 1210. The number of rotatable bonds is 8. The van der Waals surface area contributed by atoms with Crippen LogP contribution in [0.4, 0.5) is 0 Å². The molecule has 2 aromatic carbocycles. The van der Waals surface area contributed by atoms with Gasteiger partial charge in [-0.2, -0.15) is 0 Å². The van der Waals surface area contributed by atoms with E-state index in [2.05, 4.69) is 32.2 Å². The molecule has 37 heavy (non-hydrogen) atoms. The van der Waals surface area contributed by atoms with Crippen LogP contribution in [0, 0.1) is 0 Å². The lowest BCUT2D eigenvalue weighted by Gasteiger charge is -2.37. The van der Waals surface area contributed by atoms with Crippen LogP contribution >= 0.6 is 22.9 Å². The fraction of sp³-hybridized carbons (Fsp3) is 0.400. The van der Waals surface area contributed by atoms with Crippen molar-refractivity contribution >= 4 is 34.8 Å². The van der Waals surface area contributed by atoms with E-state index >= 15 is 0 Å². The third kappa shape index (κ3) is 6.43.